The molecule has 0 aliphatic rings. The van der Waals surface area contributed by atoms with Crippen molar-refractivity contribution in [1.82, 2.24) is 0 Å². The molecular formula is C75H143NO8P+. The Morgan fingerprint density at radius 3 is 1.00 bits per heavy atom. The molecule has 0 aliphatic carbocycles. The largest absolute Gasteiger partial charge is 0.472 e. The average Bonchev–Trinajstić information content (AvgIpc) is 3.50. The molecule has 0 radical (unpaired) electrons. The van der Waals surface area contributed by atoms with Gasteiger partial charge in [-0.15, -0.1) is 0 Å². The Hall–Kier alpha value is -2.03. The maximum absolute atomic E-state index is 12.9. The summed E-state index contributed by atoms with van der Waals surface area (Å²) in [5.74, 6) is -0.777. The van der Waals surface area contributed by atoms with Crippen molar-refractivity contribution in [2.24, 2.45) is 0 Å². The second-order valence-electron chi connectivity index (χ2n) is 26.3. The quantitative estimate of drug-likeness (QED) is 0.0211. The number of phosphoric ester groups is 1. The minimum Gasteiger partial charge on any atom is -0.462 e. The van der Waals surface area contributed by atoms with E-state index in [0.717, 1.165) is 57.8 Å². The van der Waals surface area contributed by atoms with Crippen LogP contribution in [0.5, 0.6) is 0 Å². The summed E-state index contributed by atoms with van der Waals surface area (Å²) in [5, 5.41) is 0. The average molecular weight is 1220 g/mol. The van der Waals surface area contributed by atoms with Gasteiger partial charge in [-0.3, -0.25) is 18.6 Å². The van der Waals surface area contributed by atoms with Crippen LogP contribution in [0.2, 0.25) is 0 Å². The molecule has 1 N–H and O–H groups in total. The molecule has 0 aromatic rings. The molecule has 0 aromatic heterocycles. The number of esters is 2. The van der Waals surface area contributed by atoms with E-state index in [1.807, 2.05) is 21.1 Å². The van der Waals surface area contributed by atoms with E-state index in [0.29, 0.717) is 23.9 Å². The van der Waals surface area contributed by atoms with Crippen LogP contribution in [0.4, 0.5) is 0 Å². The predicted octanol–water partition coefficient (Wildman–Crippen LogP) is 24.0. The molecular weight excluding hydrogens is 1070 g/mol. The number of rotatable bonds is 69. The van der Waals surface area contributed by atoms with E-state index < -0.39 is 26.5 Å². The van der Waals surface area contributed by atoms with Crippen LogP contribution in [0, 0.1) is 0 Å². The number of hydrogen-bond acceptors (Lipinski definition) is 7. The minimum atomic E-state index is -4.39. The van der Waals surface area contributed by atoms with Crippen molar-refractivity contribution in [3.05, 3.63) is 48.6 Å². The van der Waals surface area contributed by atoms with E-state index in [-0.39, 0.29) is 25.6 Å². The summed E-state index contributed by atoms with van der Waals surface area (Å²) in [7, 11) is 1.50. The summed E-state index contributed by atoms with van der Waals surface area (Å²) in [4.78, 5) is 35.9. The van der Waals surface area contributed by atoms with Gasteiger partial charge in [0.15, 0.2) is 6.10 Å². The molecule has 0 fully saturated rings. The molecule has 0 aliphatic heterocycles. The fraction of sp³-hybridized carbons (Fsp3) is 0.867. The van der Waals surface area contributed by atoms with Gasteiger partial charge < -0.3 is 18.9 Å². The van der Waals surface area contributed by atoms with E-state index >= 15 is 0 Å². The van der Waals surface area contributed by atoms with Crippen molar-refractivity contribution < 1.29 is 42.1 Å². The zero-order valence-corrected chi connectivity index (χ0v) is 58.0. The predicted molar refractivity (Wildman–Crippen MR) is 367 cm³/mol. The van der Waals surface area contributed by atoms with Crippen molar-refractivity contribution in [3.8, 4) is 0 Å². The first-order chi connectivity index (χ1) is 41.5. The van der Waals surface area contributed by atoms with Gasteiger partial charge in [-0.1, -0.05) is 351 Å². The van der Waals surface area contributed by atoms with E-state index in [2.05, 4.69) is 62.5 Å². The molecule has 500 valence electrons. The summed E-state index contributed by atoms with van der Waals surface area (Å²) < 4.78 is 34.8. The molecule has 0 spiro atoms. The van der Waals surface area contributed by atoms with Gasteiger partial charge in [-0.25, -0.2) is 4.57 Å². The Labute approximate surface area is 528 Å². The van der Waals surface area contributed by atoms with Gasteiger partial charge in [0, 0.05) is 12.8 Å². The monoisotopic (exact) mass is 1220 g/mol. The number of allylic oxidation sites excluding steroid dienone is 8. The number of nitrogens with zero attached hydrogens (tertiary/aromatic N) is 1. The van der Waals surface area contributed by atoms with E-state index in [4.69, 9.17) is 18.5 Å². The van der Waals surface area contributed by atoms with Crippen LogP contribution in [-0.4, -0.2) is 74.9 Å². The molecule has 10 heteroatoms. The van der Waals surface area contributed by atoms with Gasteiger partial charge in [0.25, 0.3) is 0 Å². The lowest BCUT2D eigenvalue weighted by Crippen LogP contribution is -2.37. The molecule has 0 bridgehead atoms. The Morgan fingerprint density at radius 2 is 0.671 bits per heavy atom. The zero-order chi connectivity index (χ0) is 61.9. The van der Waals surface area contributed by atoms with Crippen molar-refractivity contribution in [3.63, 3.8) is 0 Å². The normalized spacial score (nSPS) is 13.3. The fourth-order valence-corrected chi connectivity index (χ4v) is 11.8. The van der Waals surface area contributed by atoms with Crippen LogP contribution < -0.4 is 0 Å². The lowest BCUT2D eigenvalue weighted by molar-refractivity contribution is -0.870. The highest BCUT2D eigenvalue weighted by Gasteiger charge is 2.27. The molecule has 85 heavy (non-hydrogen) atoms. The first-order valence-electron chi connectivity index (χ1n) is 36.9. The SMILES string of the molecule is CC/C=C\C/C=C\C/C=C\C/C=C\CCCCCCCCCCCCCCCCCCC(=O)OC(COC(=O)CCCCCCCCCCCCCCCCCCCCCCCCCCCCCCCCCC)COP(=O)(O)OCC[N+](C)(C)C. The summed E-state index contributed by atoms with van der Waals surface area (Å²) in [6.45, 7) is 4.39. The Balaban J connectivity index is 3.96. The number of carbonyl (C=O) groups excluding carboxylic acids is 2. The summed E-state index contributed by atoms with van der Waals surface area (Å²) >= 11 is 0. The number of phosphoric acid groups is 1. The first kappa shape index (κ1) is 83.0. The lowest BCUT2D eigenvalue weighted by Gasteiger charge is -2.24. The molecule has 0 saturated carbocycles. The molecule has 9 nitrogen and oxygen atoms in total. The number of unbranched alkanes of at least 4 members (excludes halogenated alkanes) is 47. The number of carbonyl (C=O) groups is 2. The molecule has 0 heterocycles. The zero-order valence-electron chi connectivity index (χ0n) is 57.1. The highest BCUT2D eigenvalue weighted by molar-refractivity contribution is 7.47. The van der Waals surface area contributed by atoms with Crippen LogP contribution in [0.25, 0.3) is 0 Å². The van der Waals surface area contributed by atoms with Crippen LogP contribution in [0.3, 0.4) is 0 Å². The Kier molecular flexibility index (Phi) is 64.8. The molecule has 2 atom stereocenters. The highest BCUT2D eigenvalue weighted by Crippen LogP contribution is 2.43. The van der Waals surface area contributed by atoms with Crippen molar-refractivity contribution in [2.75, 3.05) is 47.5 Å². The lowest BCUT2D eigenvalue weighted by atomic mass is 10.0. The third-order valence-electron chi connectivity index (χ3n) is 16.6. The standard InChI is InChI=1S/C75H142NO8P/c1-6-8-10-12-14-16-18-20-22-24-26-28-30-32-34-36-37-38-40-41-43-45-47-49-51-53-55-57-59-61-63-65-67-74(77)81-71-73(72-83-85(79,80)82-70-69-76(3,4)5)84-75(78)68-66-64-62-60-58-56-54-52-50-48-46-44-42-39-35-33-31-29-27-25-23-21-19-17-15-13-11-9-7-2/h9,11,15,17,21,23,27,29,73H,6-8,10,12-14,16,18-20,22,24-26,28,30-72H2,1-5H3/p+1/b11-9-,17-15-,23-21-,29-27-. The van der Waals surface area contributed by atoms with Gasteiger partial charge in [-0.2, -0.15) is 0 Å². The second-order valence-corrected chi connectivity index (χ2v) is 27.8. The molecule has 2 unspecified atom stereocenters. The Bertz CT molecular complexity index is 1570. The Morgan fingerprint density at radius 1 is 0.376 bits per heavy atom. The van der Waals surface area contributed by atoms with Gasteiger partial charge in [0.2, 0.25) is 0 Å². The van der Waals surface area contributed by atoms with Crippen LogP contribution in [0.1, 0.15) is 367 Å². The topological polar surface area (TPSA) is 108 Å². The van der Waals surface area contributed by atoms with Gasteiger partial charge in [0.05, 0.1) is 27.7 Å². The van der Waals surface area contributed by atoms with Gasteiger partial charge in [0.1, 0.15) is 19.8 Å². The van der Waals surface area contributed by atoms with Gasteiger partial charge >= 0.3 is 19.8 Å². The van der Waals surface area contributed by atoms with Crippen LogP contribution >= 0.6 is 7.82 Å². The van der Waals surface area contributed by atoms with Crippen LogP contribution in [0.15, 0.2) is 48.6 Å². The maximum Gasteiger partial charge on any atom is 0.472 e. The van der Waals surface area contributed by atoms with E-state index in [9.17, 15) is 19.0 Å². The summed E-state index contributed by atoms with van der Waals surface area (Å²) in [5.41, 5.74) is 0. The fourth-order valence-electron chi connectivity index (χ4n) is 11.0. The summed E-state index contributed by atoms with van der Waals surface area (Å²) in [6, 6.07) is 0. The number of quaternary nitrogens is 1. The van der Waals surface area contributed by atoms with Crippen molar-refractivity contribution >= 4 is 19.8 Å². The number of ether oxygens (including phenoxy) is 2. The summed E-state index contributed by atoms with van der Waals surface area (Å²) in [6.07, 6.45) is 86.7. The second kappa shape index (κ2) is 66.4. The molecule has 0 aromatic carbocycles. The molecule has 0 amide bonds. The number of likely N-dealkylation sites (N-methyl/N-ethyl adjacent to an activating group) is 1. The van der Waals surface area contributed by atoms with Crippen molar-refractivity contribution in [1.29, 1.82) is 0 Å². The van der Waals surface area contributed by atoms with E-state index in [1.165, 1.54) is 276 Å². The highest BCUT2D eigenvalue weighted by atomic mass is 31.2. The minimum absolute atomic E-state index is 0.0338. The molecule has 0 rings (SSSR count). The third-order valence-corrected chi connectivity index (χ3v) is 17.6. The number of hydrogen-bond donors (Lipinski definition) is 1. The molecule has 0 saturated heterocycles. The third kappa shape index (κ3) is 70.9. The maximum atomic E-state index is 12.9. The van der Waals surface area contributed by atoms with Gasteiger partial charge in [-0.05, 0) is 51.4 Å². The smallest absolute Gasteiger partial charge is 0.462 e. The van der Waals surface area contributed by atoms with Crippen LogP contribution in [-0.2, 0) is 32.7 Å². The van der Waals surface area contributed by atoms with Crippen molar-refractivity contribution in [2.45, 2.75) is 373 Å². The van der Waals surface area contributed by atoms with E-state index in [1.54, 1.807) is 0 Å². The first-order valence-corrected chi connectivity index (χ1v) is 38.4.